The third-order valence-corrected chi connectivity index (χ3v) is 5.91. The molecule has 1 aliphatic rings. The van der Waals surface area contributed by atoms with Gasteiger partial charge in [0.25, 0.3) is 0 Å². The number of hydrogen-bond acceptors (Lipinski definition) is 2. The Morgan fingerprint density at radius 3 is 1.89 bits per heavy atom. The normalized spacial score (nSPS) is 16.9. The van der Waals surface area contributed by atoms with Crippen LogP contribution in [0.4, 0.5) is 0 Å². The number of likely N-dealkylation sites (tertiary alicyclic amines) is 1. The zero-order valence-corrected chi connectivity index (χ0v) is 18.1. The zero-order chi connectivity index (χ0) is 18.9. The number of nitrogens with zero attached hydrogens (tertiary/aromatic N) is 1. The summed E-state index contributed by atoms with van der Waals surface area (Å²) in [5.74, 6) is 0. The third-order valence-electron chi connectivity index (χ3n) is 5.91. The number of rotatable bonds is 10. The van der Waals surface area contributed by atoms with Gasteiger partial charge in [0, 0.05) is 12.6 Å². The molecule has 3 rings (SSSR count). The lowest BCUT2D eigenvalue weighted by Gasteiger charge is -2.22. The molecule has 1 atom stereocenters. The van der Waals surface area contributed by atoms with Crippen LogP contribution in [0.3, 0.4) is 0 Å². The van der Waals surface area contributed by atoms with Crippen LogP contribution in [-0.2, 0) is 25.8 Å². The molecule has 2 aromatic carbocycles. The van der Waals surface area contributed by atoms with Crippen molar-refractivity contribution in [3.63, 3.8) is 0 Å². The summed E-state index contributed by atoms with van der Waals surface area (Å²) in [6.07, 6.45) is 9.67. The van der Waals surface area contributed by atoms with Crippen molar-refractivity contribution >= 4 is 12.4 Å². The number of hydrogen-bond donors (Lipinski definition) is 1. The number of aliphatic hydroxyl groups excluding tert-OH is 1. The molecule has 1 N–H and O–H groups in total. The number of halogens is 1. The first-order chi connectivity index (χ1) is 13.3. The lowest BCUT2D eigenvalue weighted by atomic mass is 10.0. The maximum Gasteiger partial charge on any atom is 0.0587 e. The van der Waals surface area contributed by atoms with Crippen LogP contribution in [-0.4, -0.2) is 29.2 Å². The van der Waals surface area contributed by atoms with E-state index in [4.69, 9.17) is 0 Å². The van der Waals surface area contributed by atoms with Crippen molar-refractivity contribution in [3.8, 4) is 0 Å². The van der Waals surface area contributed by atoms with Crippen LogP contribution in [0.15, 0.2) is 48.5 Å². The lowest BCUT2D eigenvalue weighted by Crippen LogP contribution is -2.31. The summed E-state index contributed by atoms with van der Waals surface area (Å²) in [6.45, 7) is 4.62. The van der Waals surface area contributed by atoms with E-state index in [2.05, 4.69) is 60.4 Å². The molecule has 0 saturated carbocycles. The Hall–Kier alpha value is -1.35. The lowest BCUT2D eigenvalue weighted by molar-refractivity contribution is 0.153. The SMILES string of the molecule is CCCCCc1ccc(CCc2ccc(CN3CCC[C@@H]3CO)cc2)cc1.Cl. The van der Waals surface area contributed by atoms with Gasteiger partial charge in [0.2, 0.25) is 0 Å². The molecular weight excluding hydrogens is 366 g/mol. The van der Waals surface area contributed by atoms with Crippen LogP contribution in [0, 0.1) is 0 Å². The smallest absolute Gasteiger partial charge is 0.0587 e. The summed E-state index contributed by atoms with van der Waals surface area (Å²) in [4.78, 5) is 2.41. The second-order valence-corrected chi connectivity index (χ2v) is 8.04. The molecule has 0 spiro atoms. The molecule has 2 nitrogen and oxygen atoms in total. The molecule has 2 aromatic rings. The summed E-state index contributed by atoms with van der Waals surface area (Å²) in [5.41, 5.74) is 5.67. The van der Waals surface area contributed by atoms with Crippen LogP contribution < -0.4 is 0 Å². The first kappa shape index (κ1) is 22.9. The van der Waals surface area contributed by atoms with Gasteiger partial charge in [-0.05, 0) is 67.3 Å². The fourth-order valence-corrected chi connectivity index (χ4v) is 4.10. The molecule has 1 saturated heterocycles. The van der Waals surface area contributed by atoms with E-state index in [1.165, 1.54) is 54.4 Å². The topological polar surface area (TPSA) is 23.5 Å². The molecule has 28 heavy (non-hydrogen) atoms. The Bertz CT molecular complexity index is 668. The molecule has 0 amide bonds. The molecular formula is C25H36ClNO. The highest BCUT2D eigenvalue weighted by atomic mass is 35.5. The highest BCUT2D eigenvalue weighted by molar-refractivity contribution is 5.85. The first-order valence-electron chi connectivity index (χ1n) is 10.8. The van der Waals surface area contributed by atoms with Gasteiger partial charge in [0.05, 0.1) is 6.61 Å². The summed E-state index contributed by atoms with van der Waals surface area (Å²) < 4.78 is 0. The molecule has 1 fully saturated rings. The van der Waals surface area contributed by atoms with Gasteiger partial charge in [-0.3, -0.25) is 4.90 Å². The van der Waals surface area contributed by atoms with Gasteiger partial charge >= 0.3 is 0 Å². The fourth-order valence-electron chi connectivity index (χ4n) is 4.10. The minimum absolute atomic E-state index is 0. The second-order valence-electron chi connectivity index (χ2n) is 8.04. The molecule has 0 aliphatic carbocycles. The van der Waals surface area contributed by atoms with Crippen LogP contribution in [0.5, 0.6) is 0 Å². The van der Waals surface area contributed by atoms with E-state index in [1.807, 2.05) is 0 Å². The van der Waals surface area contributed by atoms with Crippen LogP contribution in [0.2, 0.25) is 0 Å². The van der Waals surface area contributed by atoms with E-state index in [-0.39, 0.29) is 19.0 Å². The third kappa shape index (κ3) is 6.92. The largest absolute Gasteiger partial charge is 0.395 e. The fraction of sp³-hybridized carbons (Fsp3) is 0.520. The predicted molar refractivity (Wildman–Crippen MR) is 121 cm³/mol. The number of benzene rings is 2. The van der Waals surface area contributed by atoms with E-state index in [1.54, 1.807) is 0 Å². The maximum absolute atomic E-state index is 9.47. The van der Waals surface area contributed by atoms with Crippen molar-refractivity contribution in [2.45, 2.75) is 70.9 Å². The number of aryl methyl sites for hydroxylation is 3. The highest BCUT2D eigenvalue weighted by Crippen LogP contribution is 2.20. The molecule has 0 unspecified atom stereocenters. The van der Waals surface area contributed by atoms with Crippen molar-refractivity contribution in [3.05, 3.63) is 70.8 Å². The molecule has 0 bridgehead atoms. The quantitative estimate of drug-likeness (QED) is 0.525. The second kappa shape index (κ2) is 12.3. The van der Waals surface area contributed by atoms with Crippen LogP contribution >= 0.6 is 12.4 Å². The van der Waals surface area contributed by atoms with Crippen molar-refractivity contribution in [2.24, 2.45) is 0 Å². The minimum atomic E-state index is 0. The van der Waals surface area contributed by atoms with Crippen LogP contribution in [0.1, 0.15) is 61.3 Å². The van der Waals surface area contributed by atoms with E-state index in [0.717, 1.165) is 32.4 Å². The summed E-state index contributed by atoms with van der Waals surface area (Å²) in [7, 11) is 0. The average Bonchev–Trinajstić information content (AvgIpc) is 3.16. The van der Waals surface area contributed by atoms with Crippen molar-refractivity contribution in [2.75, 3.05) is 13.2 Å². The van der Waals surface area contributed by atoms with Gasteiger partial charge in [0.1, 0.15) is 0 Å². The maximum atomic E-state index is 9.47. The van der Waals surface area contributed by atoms with E-state index in [9.17, 15) is 5.11 Å². The van der Waals surface area contributed by atoms with Crippen molar-refractivity contribution in [1.82, 2.24) is 4.90 Å². The summed E-state index contributed by atoms with van der Waals surface area (Å²) >= 11 is 0. The molecule has 0 aromatic heterocycles. The van der Waals surface area contributed by atoms with Gasteiger partial charge in [-0.25, -0.2) is 0 Å². The van der Waals surface area contributed by atoms with E-state index in [0.29, 0.717) is 6.04 Å². The summed E-state index contributed by atoms with van der Waals surface area (Å²) in [5, 5.41) is 9.47. The Morgan fingerprint density at radius 1 is 0.821 bits per heavy atom. The standard InChI is InChI=1S/C25H35NO.ClH/c1-2-3-4-6-21-8-10-22(11-9-21)12-13-23-14-16-24(17-15-23)19-26-18-5-7-25(26)20-27;/h8-11,14-17,25,27H,2-7,12-13,18-20H2,1H3;1H/t25-;/m1./s1. The van der Waals surface area contributed by atoms with E-state index >= 15 is 0 Å². The number of unbranched alkanes of at least 4 members (excludes halogenated alkanes) is 2. The Morgan fingerprint density at radius 2 is 1.36 bits per heavy atom. The zero-order valence-electron chi connectivity index (χ0n) is 17.3. The monoisotopic (exact) mass is 401 g/mol. The van der Waals surface area contributed by atoms with Gasteiger partial charge in [-0.1, -0.05) is 68.3 Å². The predicted octanol–water partition coefficient (Wildman–Crippen LogP) is 5.58. The number of aliphatic hydroxyl groups is 1. The Balaban J connectivity index is 0.00000280. The van der Waals surface area contributed by atoms with Gasteiger partial charge in [-0.2, -0.15) is 0 Å². The molecule has 1 heterocycles. The van der Waals surface area contributed by atoms with Crippen molar-refractivity contribution < 1.29 is 5.11 Å². The van der Waals surface area contributed by atoms with E-state index < -0.39 is 0 Å². The van der Waals surface area contributed by atoms with Gasteiger partial charge in [0.15, 0.2) is 0 Å². The van der Waals surface area contributed by atoms with Gasteiger partial charge in [-0.15, -0.1) is 12.4 Å². The Kier molecular flexibility index (Phi) is 10.0. The summed E-state index contributed by atoms with van der Waals surface area (Å²) in [6, 6.07) is 18.7. The molecule has 3 heteroatoms. The highest BCUT2D eigenvalue weighted by Gasteiger charge is 2.23. The molecule has 154 valence electrons. The first-order valence-corrected chi connectivity index (χ1v) is 10.8. The van der Waals surface area contributed by atoms with Crippen LogP contribution in [0.25, 0.3) is 0 Å². The average molecular weight is 402 g/mol. The Labute approximate surface area is 177 Å². The molecule has 0 radical (unpaired) electrons. The van der Waals surface area contributed by atoms with Gasteiger partial charge < -0.3 is 5.11 Å². The van der Waals surface area contributed by atoms with Crippen molar-refractivity contribution in [1.29, 1.82) is 0 Å². The minimum Gasteiger partial charge on any atom is -0.395 e. The molecule has 1 aliphatic heterocycles.